The van der Waals surface area contributed by atoms with E-state index in [4.69, 9.17) is 0 Å². The van der Waals surface area contributed by atoms with Crippen molar-refractivity contribution in [2.24, 2.45) is 17.3 Å². The minimum Gasteiger partial charge on any atom is -0.212 e. The van der Waals surface area contributed by atoms with E-state index < -0.39 is 10.0 Å². The molecule has 3 atom stereocenters. The van der Waals surface area contributed by atoms with Crippen LogP contribution in [0, 0.1) is 17.3 Å². The SMILES string of the molecule is O=S(=O)(C1CC2CCC1C21CCCC1)N1CCC2(CCc3ccccc32)CC1. The maximum Gasteiger partial charge on any atom is 0.217 e. The summed E-state index contributed by atoms with van der Waals surface area (Å²) >= 11 is 0. The zero-order valence-electron chi connectivity index (χ0n) is 16.9. The number of hydrogen-bond acceptors (Lipinski definition) is 2. The second kappa shape index (κ2) is 6.07. The predicted octanol–water partition coefficient (Wildman–Crippen LogP) is 4.66. The van der Waals surface area contributed by atoms with Crippen LogP contribution < -0.4 is 0 Å². The van der Waals surface area contributed by atoms with Crippen molar-refractivity contribution in [3.05, 3.63) is 35.4 Å². The fourth-order valence-corrected chi connectivity index (χ4v) is 10.8. The lowest BCUT2D eigenvalue weighted by molar-refractivity contribution is 0.200. The highest BCUT2D eigenvalue weighted by atomic mass is 32.2. The van der Waals surface area contributed by atoms with E-state index in [0.717, 1.165) is 38.8 Å². The summed E-state index contributed by atoms with van der Waals surface area (Å²) in [5.41, 5.74) is 3.65. The van der Waals surface area contributed by atoms with E-state index in [1.807, 2.05) is 4.31 Å². The van der Waals surface area contributed by atoms with Crippen molar-refractivity contribution in [3.63, 3.8) is 0 Å². The van der Waals surface area contributed by atoms with Crippen LogP contribution >= 0.6 is 0 Å². The van der Waals surface area contributed by atoms with Gasteiger partial charge in [0, 0.05) is 13.1 Å². The number of nitrogens with zero attached hydrogens (tertiary/aromatic N) is 1. The van der Waals surface area contributed by atoms with Crippen molar-refractivity contribution in [1.82, 2.24) is 4.31 Å². The molecule has 2 bridgehead atoms. The lowest BCUT2D eigenvalue weighted by Crippen LogP contribution is -2.49. The molecule has 1 aromatic carbocycles. The number of fused-ring (bicyclic) bond motifs is 2. The Balaban J connectivity index is 1.22. The number of sulfonamides is 1. The van der Waals surface area contributed by atoms with Crippen LogP contribution in [-0.4, -0.2) is 31.1 Å². The summed E-state index contributed by atoms with van der Waals surface area (Å²) in [4.78, 5) is 0. The summed E-state index contributed by atoms with van der Waals surface area (Å²) < 4.78 is 29.3. The average Bonchev–Trinajstić information content (AvgIpc) is 3.49. The molecule has 4 aliphatic carbocycles. The maximum absolute atomic E-state index is 13.7. The molecule has 1 aliphatic heterocycles. The standard InChI is InChI=1S/C24H33NO2S/c26-28(27,22-17-19-7-8-21(22)24(19)10-3-4-11-24)25-15-13-23(14-16-25)12-9-18-5-1-2-6-20(18)23/h1-2,5-6,19,21-22H,3-4,7-17H2. The Morgan fingerprint density at radius 1 is 0.929 bits per heavy atom. The number of rotatable bonds is 2. The smallest absolute Gasteiger partial charge is 0.212 e. The van der Waals surface area contributed by atoms with Gasteiger partial charge < -0.3 is 0 Å². The summed E-state index contributed by atoms with van der Waals surface area (Å²) in [6, 6.07) is 8.87. The molecule has 3 unspecified atom stereocenters. The largest absolute Gasteiger partial charge is 0.217 e. The molecule has 4 heteroatoms. The van der Waals surface area contributed by atoms with Crippen LogP contribution in [-0.2, 0) is 21.9 Å². The van der Waals surface area contributed by atoms with E-state index in [9.17, 15) is 8.42 Å². The number of piperidine rings is 1. The normalized spacial score (nSPS) is 35.8. The Kier molecular flexibility index (Phi) is 3.89. The molecule has 6 rings (SSSR count). The van der Waals surface area contributed by atoms with Crippen molar-refractivity contribution in [2.75, 3.05) is 13.1 Å². The number of aryl methyl sites for hydroxylation is 1. The summed E-state index contributed by atoms with van der Waals surface area (Å²) in [5.74, 6) is 1.14. The van der Waals surface area contributed by atoms with Crippen LogP contribution in [0.4, 0.5) is 0 Å². The van der Waals surface area contributed by atoms with Crippen LogP contribution in [0.25, 0.3) is 0 Å². The molecule has 3 nitrogen and oxygen atoms in total. The van der Waals surface area contributed by atoms with E-state index in [1.54, 1.807) is 0 Å². The van der Waals surface area contributed by atoms with E-state index in [-0.39, 0.29) is 10.7 Å². The fraction of sp³-hybridized carbons (Fsp3) is 0.750. The Labute approximate surface area is 169 Å². The zero-order chi connectivity index (χ0) is 19.0. The Morgan fingerprint density at radius 3 is 2.46 bits per heavy atom. The van der Waals surface area contributed by atoms with Crippen LogP contribution in [0.15, 0.2) is 24.3 Å². The molecule has 5 aliphatic rings. The van der Waals surface area contributed by atoms with Gasteiger partial charge in [0.25, 0.3) is 0 Å². The fourth-order valence-electron chi connectivity index (χ4n) is 8.40. The monoisotopic (exact) mass is 399 g/mol. The minimum atomic E-state index is -3.15. The van der Waals surface area contributed by atoms with Crippen LogP contribution in [0.3, 0.4) is 0 Å². The highest BCUT2D eigenvalue weighted by molar-refractivity contribution is 7.89. The lowest BCUT2D eigenvalue weighted by Gasteiger charge is -2.41. The first kappa shape index (κ1) is 17.9. The quantitative estimate of drug-likeness (QED) is 0.726. The van der Waals surface area contributed by atoms with E-state index in [2.05, 4.69) is 24.3 Å². The molecule has 1 saturated heterocycles. The van der Waals surface area contributed by atoms with Crippen LogP contribution in [0.5, 0.6) is 0 Å². The van der Waals surface area contributed by atoms with Gasteiger partial charge >= 0.3 is 0 Å². The van der Waals surface area contributed by atoms with Crippen molar-refractivity contribution in [3.8, 4) is 0 Å². The molecular weight excluding hydrogens is 366 g/mol. The molecular formula is C24H33NO2S. The van der Waals surface area contributed by atoms with Gasteiger partial charge in [-0.2, -0.15) is 0 Å². The first-order valence-corrected chi connectivity index (χ1v) is 13.1. The first-order chi connectivity index (χ1) is 13.6. The molecule has 28 heavy (non-hydrogen) atoms. The summed E-state index contributed by atoms with van der Waals surface area (Å²) in [7, 11) is -3.15. The third-order valence-corrected chi connectivity index (χ3v) is 12.1. The highest BCUT2D eigenvalue weighted by Gasteiger charge is 2.63. The molecule has 4 fully saturated rings. The van der Waals surface area contributed by atoms with Gasteiger partial charge in [0.05, 0.1) is 5.25 Å². The lowest BCUT2D eigenvalue weighted by atomic mass is 9.74. The Bertz CT molecular complexity index is 878. The highest BCUT2D eigenvalue weighted by Crippen LogP contribution is 2.66. The molecule has 0 amide bonds. The van der Waals surface area contributed by atoms with Crippen LogP contribution in [0.2, 0.25) is 0 Å². The van der Waals surface area contributed by atoms with E-state index in [0.29, 0.717) is 17.3 Å². The molecule has 0 N–H and O–H groups in total. The average molecular weight is 400 g/mol. The summed E-state index contributed by atoms with van der Waals surface area (Å²) in [5, 5.41) is -0.0748. The third kappa shape index (κ3) is 2.28. The molecule has 0 aromatic heterocycles. The van der Waals surface area contributed by atoms with Crippen molar-refractivity contribution < 1.29 is 8.42 Å². The second-order valence-electron chi connectivity index (χ2n) is 10.5. The van der Waals surface area contributed by atoms with Crippen molar-refractivity contribution in [2.45, 2.75) is 81.3 Å². The van der Waals surface area contributed by atoms with Gasteiger partial charge in [-0.05, 0) is 91.6 Å². The number of hydrogen-bond donors (Lipinski definition) is 0. The summed E-state index contributed by atoms with van der Waals surface area (Å²) in [6.45, 7) is 1.47. The topological polar surface area (TPSA) is 37.4 Å². The first-order valence-electron chi connectivity index (χ1n) is 11.6. The molecule has 3 saturated carbocycles. The van der Waals surface area contributed by atoms with Gasteiger partial charge in [0.15, 0.2) is 0 Å². The van der Waals surface area contributed by atoms with Gasteiger partial charge in [-0.15, -0.1) is 0 Å². The zero-order valence-corrected chi connectivity index (χ0v) is 17.7. The Hall–Kier alpha value is -0.870. The van der Waals surface area contributed by atoms with Gasteiger partial charge in [-0.3, -0.25) is 0 Å². The third-order valence-electron chi connectivity index (χ3n) is 9.76. The van der Waals surface area contributed by atoms with Crippen LogP contribution in [0.1, 0.15) is 75.3 Å². The molecule has 152 valence electrons. The maximum atomic E-state index is 13.7. The molecule has 1 aromatic rings. The van der Waals surface area contributed by atoms with E-state index >= 15 is 0 Å². The number of benzene rings is 1. The van der Waals surface area contributed by atoms with Gasteiger partial charge in [0.1, 0.15) is 0 Å². The minimum absolute atomic E-state index is 0.0748. The van der Waals surface area contributed by atoms with Crippen molar-refractivity contribution in [1.29, 1.82) is 0 Å². The van der Waals surface area contributed by atoms with Gasteiger partial charge in [-0.25, -0.2) is 12.7 Å². The summed E-state index contributed by atoms with van der Waals surface area (Å²) in [6.07, 6.45) is 13.0. The Morgan fingerprint density at radius 2 is 1.68 bits per heavy atom. The predicted molar refractivity (Wildman–Crippen MR) is 112 cm³/mol. The molecule has 2 spiro atoms. The van der Waals surface area contributed by atoms with Crippen molar-refractivity contribution >= 4 is 10.0 Å². The second-order valence-corrected chi connectivity index (χ2v) is 12.6. The van der Waals surface area contributed by atoms with Gasteiger partial charge in [-0.1, -0.05) is 37.1 Å². The van der Waals surface area contributed by atoms with E-state index in [1.165, 1.54) is 56.1 Å². The molecule has 0 radical (unpaired) electrons. The van der Waals surface area contributed by atoms with Gasteiger partial charge in [0.2, 0.25) is 10.0 Å². The molecule has 1 heterocycles.